The molecule has 112 valence electrons. The Hall–Kier alpha value is -0.980. The maximum atomic E-state index is 5.75. The van der Waals surface area contributed by atoms with Crippen LogP contribution in [0.1, 0.15) is 32.4 Å². The lowest BCUT2D eigenvalue weighted by molar-refractivity contribution is -0.0687. The molecule has 6 heteroatoms. The van der Waals surface area contributed by atoms with E-state index < -0.39 is 0 Å². The number of morpholine rings is 1. The third-order valence-corrected chi connectivity index (χ3v) is 3.88. The summed E-state index contributed by atoms with van der Waals surface area (Å²) in [5, 5.41) is 11.9. The predicted octanol–water partition coefficient (Wildman–Crippen LogP) is 0.639. The van der Waals surface area contributed by atoms with Crippen LogP contribution in [-0.4, -0.2) is 57.8 Å². The van der Waals surface area contributed by atoms with E-state index in [0.717, 1.165) is 44.5 Å². The zero-order valence-corrected chi connectivity index (χ0v) is 12.5. The van der Waals surface area contributed by atoms with Crippen molar-refractivity contribution in [2.24, 2.45) is 0 Å². The van der Waals surface area contributed by atoms with Crippen LogP contribution in [0.3, 0.4) is 0 Å². The van der Waals surface area contributed by atoms with Crippen molar-refractivity contribution in [2.45, 2.75) is 58.0 Å². The molecule has 1 saturated carbocycles. The molecule has 1 saturated heterocycles. The topological polar surface area (TPSA) is 55.2 Å². The maximum Gasteiger partial charge on any atom is 0.0964 e. The van der Waals surface area contributed by atoms with Gasteiger partial charge in [-0.05, 0) is 26.7 Å². The summed E-state index contributed by atoms with van der Waals surface area (Å²) in [4.78, 5) is 2.45. The van der Waals surface area contributed by atoms with Crippen LogP contribution in [0.2, 0.25) is 0 Å². The van der Waals surface area contributed by atoms with Gasteiger partial charge in [-0.15, -0.1) is 5.10 Å². The number of nitrogens with zero attached hydrogens (tertiary/aromatic N) is 4. The van der Waals surface area contributed by atoms with E-state index in [-0.39, 0.29) is 0 Å². The van der Waals surface area contributed by atoms with Gasteiger partial charge in [0.2, 0.25) is 0 Å². The van der Waals surface area contributed by atoms with E-state index in [4.69, 9.17) is 4.74 Å². The average Bonchev–Trinajstić information content (AvgIpc) is 3.12. The monoisotopic (exact) mass is 279 g/mol. The molecule has 1 N–H and O–H groups in total. The first-order valence-electron chi connectivity index (χ1n) is 7.69. The molecule has 20 heavy (non-hydrogen) atoms. The van der Waals surface area contributed by atoms with Crippen LogP contribution in [0.5, 0.6) is 0 Å². The van der Waals surface area contributed by atoms with Crippen molar-refractivity contribution >= 4 is 0 Å². The van der Waals surface area contributed by atoms with Crippen LogP contribution in [0.15, 0.2) is 6.20 Å². The molecule has 1 aliphatic heterocycles. The lowest BCUT2D eigenvalue weighted by atomic mass is 10.2. The Bertz CT molecular complexity index is 421. The van der Waals surface area contributed by atoms with E-state index in [0.29, 0.717) is 12.2 Å². The summed E-state index contributed by atoms with van der Waals surface area (Å²) in [5.74, 6) is 0. The van der Waals surface area contributed by atoms with Crippen LogP contribution >= 0.6 is 0 Å². The quantitative estimate of drug-likeness (QED) is 0.828. The molecule has 0 radical (unpaired) electrons. The molecule has 2 aliphatic rings. The minimum Gasteiger partial charge on any atom is -0.373 e. The van der Waals surface area contributed by atoms with Gasteiger partial charge in [-0.3, -0.25) is 9.58 Å². The zero-order valence-electron chi connectivity index (χ0n) is 12.5. The van der Waals surface area contributed by atoms with Crippen molar-refractivity contribution in [3.8, 4) is 0 Å². The van der Waals surface area contributed by atoms with E-state index in [1.165, 1.54) is 12.8 Å². The molecule has 1 aromatic heterocycles. The summed E-state index contributed by atoms with van der Waals surface area (Å²) in [6.45, 7) is 9.05. The number of aromatic nitrogens is 3. The van der Waals surface area contributed by atoms with Gasteiger partial charge in [-0.2, -0.15) is 0 Å². The molecule has 6 nitrogen and oxygen atoms in total. The molecule has 2 atom stereocenters. The minimum atomic E-state index is 0.327. The molecular formula is C14H25N5O. The second-order valence-electron chi connectivity index (χ2n) is 6.15. The van der Waals surface area contributed by atoms with Gasteiger partial charge in [-0.1, -0.05) is 5.21 Å². The molecule has 0 spiro atoms. The van der Waals surface area contributed by atoms with Gasteiger partial charge in [0.15, 0.2) is 0 Å². The second-order valence-corrected chi connectivity index (χ2v) is 6.15. The smallest absolute Gasteiger partial charge is 0.0964 e. The van der Waals surface area contributed by atoms with Gasteiger partial charge >= 0.3 is 0 Å². The molecule has 2 heterocycles. The number of rotatable bonds is 6. The van der Waals surface area contributed by atoms with Crippen molar-refractivity contribution in [2.75, 3.05) is 19.6 Å². The van der Waals surface area contributed by atoms with Crippen LogP contribution in [-0.2, 0) is 17.8 Å². The molecule has 1 aliphatic carbocycles. The van der Waals surface area contributed by atoms with Crippen molar-refractivity contribution in [1.82, 2.24) is 25.2 Å². The van der Waals surface area contributed by atoms with Crippen molar-refractivity contribution < 1.29 is 4.74 Å². The number of ether oxygens (including phenoxy) is 1. The molecule has 3 rings (SSSR count). The van der Waals surface area contributed by atoms with Gasteiger partial charge in [0.25, 0.3) is 0 Å². The highest BCUT2D eigenvalue weighted by atomic mass is 16.5. The zero-order chi connectivity index (χ0) is 13.9. The van der Waals surface area contributed by atoms with Crippen LogP contribution < -0.4 is 5.32 Å². The van der Waals surface area contributed by atoms with Gasteiger partial charge in [-0.25, -0.2) is 0 Å². The molecule has 0 amide bonds. The lowest BCUT2D eigenvalue weighted by Crippen LogP contribution is -2.46. The number of nitrogens with one attached hydrogen (secondary N) is 1. The Balaban J connectivity index is 1.43. The molecule has 0 aromatic carbocycles. The maximum absolute atomic E-state index is 5.75. The first-order chi connectivity index (χ1) is 9.69. The molecular weight excluding hydrogens is 254 g/mol. The van der Waals surface area contributed by atoms with E-state index in [1.807, 2.05) is 4.68 Å². The van der Waals surface area contributed by atoms with Gasteiger partial charge in [0.05, 0.1) is 24.4 Å². The second kappa shape index (κ2) is 6.20. The highest BCUT2D eigenvalue weighted by Crippen LogP contribution is 2.18. The predicted molar refractivity (Wildman–Crippen MR) is 76.3 cm³/mol. The van der Waals surface area contributed by atoms with Crippen molar-refractivity contribution in [3.63, 3.8) is 0 Å². The molecule has 2 fully saturated rings. The largest absolute Gasteiger partial charge is 0.373 e. The number of hydrogen-bond acceptors (Lipinski definition) is 5. The fourth-order valence-corrected chi connectivity index (χ4v) is 2.78. The van der Waals surface area contributed by atoms with Crippen molar-refractivity contribution in [1.29, 1.82) is 0 Å². The van der Waals surface area contributed by atoms with Crippen molar-refractivity contribution in [3.05, 3.63) is 11.9 Å². The Labute approximate surface area is 120 Å². The fraction of sp³-hybridized carbons (Fsp3) is 0.857. The first kappa shape index (κ1) is 14.0. The Morgan fingerprint density at radius 3 is 2.70 bits per heavy atom. The van der Waals surface area contributed by atoms with Crippen LogP contribution in [0, 0.1) is 0 Å². The third kappa shape index (κ3) is 4.01. The van der Waals surface area contributed by atoms with Crippen LogP contribution in [0.25, 0.3) is 0 Å². The average molecular weight is 279 g/mol. The highest BCUT2D eigenvalue weighted by Gasteiger charge is 2.22. The summed E-state index contributed by atoms with van der Waals surface area (Å²) >= 11 is 0. The Kier molecular flexibility index (Phi) is 4.33. The fourth-order valence-electron chi connectivity index (χ4n) is 2.78. The Morgan fingerprint density at radius 1 is 1.25 bits per heavy atom. The van der Waals surface area contributed by atoms with E-state index >= 15 is 0 Å². The summed E-state index contributed by atoms with van der Waals surface area (Å²) in [5.41, 5.74) is 1.04. The normalized spacial score (nSPS) is 27.9. The Morgan fingerprint density at radius 2 is 2.00 bits per heavy atom. The number of hydrogen-bond donors (Lipinski definition) is 1. The minimum absolute atomic E-state index is 0.327. The van der Waals surface area contributed by atoms with Gasteiger partial charge in [0.1, 0.15) is 0 Å². The summed E-state index contributed by atoms with van der Waals surface area (Å²) < 4.78 is 7.70. The SMILES string of the molecule is C[C@@H]1CN(CCn2cc(CNC3CC3)nn2)C[C@H](C)O1. The molecule has 0 bridgehead atoms. The van der Waals surface area contributed by atoms with E-state index in [9.17, 15) is 0 Å². The van der Waals surface area contributed by atoms with Gasteiger partial charge in [0, 0.05) is 38.4 Å². The lowest BCUT2D eigenvalue weighted by Gasteiger charge is -2.35. The van der Waals surface area contributed by atoms with Gasteiger partial charge < -0.3 is 10.1 Å². The van der Waals surface area contributed by atoms with E-state index in [1.54, 1.807) is 0 Å². The summed E-state index contributed by atoms with van der Waals surface area (Å²) in [6, 6.07) is 0.719. The third-order valence-electron chi connectivity index (χ3n) is 3.88. The molecule has 0 unspecified atom stereocenters. The standard InChI is InChI=1S/C14H25N5O/c1-11-8-18(9-12(2)20-11)5-6-19-10-14(16-17-19)7-15-13-3-4-13/h10-13,15H,3-9H2,1-2H3/t11-,12+. The summed E-state index contributed by atoms with van der Waals surface area (Å²) in [6.07, 6.45) is 5.33. The highest BCUT2D eigenvalue weighted by molar-refractivity contribution is 4.94. The summed E-state index contributed by atoms with van der Waals surface area (Å²) in [7, 11) is 0. The van der Waals surface area contributed by atoms with E-state index in [2.05, 4.69) is 40.6 Å². The van der Waals surface area contributed by atoms with Crippen LogP contribution in [0.4, 0.5) is 0 Å². The first-order valence-corrected chi connectivity index (χ1v) is 7.69. The molecule has 1 aromatic rings.